The van der Waals surface area contributed by atoms with Gasteiger partial charge in [0.25, 0.3) is 5.56 Å². The molecule has 0 bridgehead atoms. The van der Waals surface area contributed by atoms with Gasteiger partial charge < -0.3 is 15.5 Å². The molecule has 0 radical (unpaired) electrons. The molecule has 8 heteroatoms. The Kier molecular flexibility index (Phi) is 10.8. The summed E-state index contributed by atoms with van der Waals surface area (Å²) in [4.78, 5) is 36.0. The maximum absolute atomic E-state index is 13.7. The number of nitrogen functional groups attached to an aromatic ring is 1. The summed E-state index contributed by atoms with van der Waals surface area (Å²) >= 11 is 0. The highest BCUT2D eigenvalue weighted by Crippen LogP contribution is 2.25. The smallest absolute Gasteiger partial charge is 0.266 e. The highest BCUT2D eigenvalue weighted by Gasteiger charge is 2.26. The number of nitrogens with two attached hydrogens (primary N) is 1. The number of likely N-dealkylation sites (N-methyl/N-ethyl adjacent to an activating group) is 1. The molecular weight excluding hydrogens is 481 g/mol. The minimum Gasteiger partial charge on any atom is -0.399 e. The summed E-state index contributed by atoms with van der Waals surface area (Å²) in [6.45, 7) is 5.29. The van der Waals surface area contributed by atoms with E-state index in [2.05, 4.69) is 6.92 Å². The number of nitrogens with zero attached hydrogens (tertiary/aromatic N) is 4. The first-order chi connectivity index (χ1) is 18.2. The Balaban J connectivity index is 1.96. The Hall–Kier alpha value is -3.26. The van der Waals surface area contributed by atoms with Gasteiger partial charge in [-0.25, -0.2) is 9.37 Å². The summed E-state index contributed by atoms with van der Waals surface area (Å²) in [6.07, 6.45) is 8.39. The van der Waals surface area contributed by atoms with Crippen LogP contribution >= 0.6 is 0 Å². The van der Waals surface area contributed by atoms with E-state index in [4.69, 9.17) is 10.7 Å². The van der Waals surface area contributed by atoms with Crippen LogP contribution < -0.4 is 11.3 Å². The number of rotatable bonds is 14. The molecule has 0 fully saturated rings. The van der Waals surface area contributed by atoms with E-state index in [9.17, 15) is 14.0 Å². The van der Waals surface area contributed by atoms with E-state index in [0.717, 1.165) is 19.3 Å². The number of anilines is 1. The minimum absolute atomic E-state index is 0.0465. The number of unbranched alkanes of at least 4 members (excludes halogenated alkanes) is 6. The molecule has 0 saturated heterocycles. The Morgan fingerprint density at radius 3 is 2.32 bits per heavy atom. The molecule has 0 aliphatic rings. The van der Waals surface area contributed by atoms with Gasteiger partial charge in [0.2, 0.25) is 5.91 Å². The second kappa shape index (κ2) is 14.0. The van der Waals surface area contributed by atoms with Crippen molar-refractivity contribution in [1.29, 1.82) is 0 Å². The zero-order valence-corrected chi connectivity index (χ0v) is 23.3. The molecule has 1 heterocycles. The second-order valence-electron chi connectivity index (χ2n) is 10.3. The van der Waals surface area contributed by atoms with Crippen LogP contribution in [-0.2, 0) is 4.79 Å². The number of carbonyl (C=O) groups excluding carboxylic acids is 1. The van der Waals surface area contributed by atoms with Crippen LogP contribution in [0.5, 0.6) is 0 Å². The second-order valence-corrected chi connectivity index (χ2v) is 10.3. The third kappa shape index (κ3) is 7.63. The van der Waals surface area contributed by atoms with Crippen molar-refractivity contribution >= 4 is 22.5 Å². The van der Waals surface area contributed by atoms with Crippen LogP contribution in [0.15, 0.2) is 47.3 Å². The predicted molar refractivity (Wildman–Crippen MR) is 153 cm³/mol. The molecule has 0 spiro atoms. The maximum atomic E-state index is 13.7. The van der Waals surface area contributed by atoms with Crippen LogP contribution in [0.4, 0.5) is 10.1 Å². The molecule has 38 heavy (non-hydrogen) atoms. The fourth-order valence-electron chi connectivity index (χ4n) is 4.70. The van der Waals surface area contributed by atoms with E-state index in [1.54, 1.807) is 30.3 Å². The number of aromatic nitrogens is 2. The van der Waals surface area contributed by atoms with Gasteiger partial charge in [0.05, 0.1) is 22.6 Å². The van der Waals surface area contributed by atoms with Gasteiger partial charge in [-0.05, 0) is 69.9 Å². The van der Waals surface area contributed by atoms with Gasteiger partial charge in [0, 0.05) is 25.2 Å². The van der Waals surface area contributed by atoms with Crippen LogP contribution in [0.25, 0.3) is 16.6 Å². The van der Waals surface area contributed by atoms with Crippen molar-refractivity contribution < 1.29 is 9.18 Å². The van der Waals surface area contributed by atoms with E-state index < -0.39 is 11.9 Å². The number of halogens is 1. The third-order valence-corrected chi connectivity index (χ3v) is 6.95. The monoisotopic (exact) mass is 523 g/mol. The van der Waals surface area contributed by atoms with Crippen LogP contribution in [0, 0.1) is 5.82 Å². The first-order valence-electron chi connectivity index (χ1n) is 13.7. The van der Waals surface area contributed by atoms with Crippen molar-refractivity contribution in [2.45, 2.75) is 71.3 Å². The highest BCUT2D eigenvalue weighted by atomic mass is 19.1. The number of benzene rings is 2. The fourth-order valence-corrected chi connectivity index (χ4v) is 4.70. The van der Waals surface area contributed by atoms with Gasteiger partial charge in [-0.3, -0.25) is 14.2 Å². The Morgan fingerprint density at radius 2 is 1.66 bits per heavy atom. The number of carbonyl (C=O) groups is 1. The molecule has 0 aliphatic carbocycles. The lowest BCUT2D eigenvalue weighted by Crippen LogP contribution is -2.40. The zero-order valence-electron chi connectivity index (χ0n) is 23.3. The first kappa shape index (κ1) is 29.3. The molecule has 1 amide bonds. The zero-order chi connectivity index (χ0) is 27.7. The van der Waals surface area contributed by atoms with Gasteiger partial charge >= 0.3 is 0 Å². The van der Waals surface area contributed by atoms with Crippen molar-refractivity contribution in [2.24, 2.45) is 0 Å². The summed E-state index contributed by atoms with van der Waals surface area (Å²) in [7, 11) is 3.94. The largest absolute Gasteiger partial charge is 0.399 e. The van der Waals surface area contributed by atoms with Crippen LogP contribution in [0.2, 0.25) is 0 Å². The number of hydrogen-bond acceptors (Lipinski definition) is 5. The number of hydrogen-bond donors (Lipinski definition) is 1. The van der Waals surface area contributed by atoms with Crippen molar-refractivity contribution in [3.63, 3.8) is 0 Å². The van der Waals surface area contributed by atoms with Crippen LogP contribution in [-0.4, -0.2) is 52.4 Å². The average Bonchev–Trinajstić information content (AvgIpc) is 2.89. The molecule has 2 N–H and O–H groups in total. The van der Waals surface area contributed by atoms with E-state index in [-0.39, 0.29) is 11.5 Å². The van der Waals surface area contributed by atoms with E-state index >= 15 is 0 Å². The SMILES string of the molecule is CCCCCCCCCC(=O)N(CCN(C)C)C(C)c1nc2ccc(N)cc2c(=O)n1-c1ccc(F)cc1. The van der Waals surface area contributed by atoms with Gasteiger partial charge in [0.15, 0.2) is 0 Å². The summed E-state index contributed by atoms with van der Waals surface area (Å²) in [6, 6.07) is 10.3. The van der Waals surface area contributed by atoms with E-state index in [0.29, 0.717) is 47.6 Å². The molecule has 7 nitrogen and oxygen atoms in total. The van der Waals surface area contributed by atoms with Gasteiger partial charge in [-0.1, -0.05) is 45.4 Å². The third-order valence-electron chi connectivity index (χ3n) is 6.95. The molecule has 1 atom stereocenters. The normalized spacial score (nSPS) is 12.3. The Bertz CT molecular complexity index is 1260. The van der Waals surface area contributed by atoms with Crippen LogP contribution in [0.3, 0.4) is 0 Å². The van der Waals surface area contributed by atoms with Gasteiger partial charge in [-0.2, -0.15) is 0 Å². The molecule has 1 unspecified atom stereocenters. The topological polar surface area (TPSA) is 84.5 Å². The molecule has 2 aromatic carbocycles. The summed E-state index contributed by atoms with van der Waals surface area (Å²) in [5.74, 6) is 0.0858. The Morgan fingerprint density at radius 1 is 1.00 bits per heavy atom. The lowest BCUT2D eigenvalue weighted by Gasteiger charge is -2.31. The summed E-state index contributed by atoms with van der Waals surface area (Å²) in [5, 5.41) is 0.375. The maximum Gasteiger partial charge on any atom is 0.266 e. The fraction of sp³-hybridized carbons (Fsp3) is 0.500. The number of amides is 1. The van der Waals surface area contributed by atoms with Crippen molar-refractivity contribution in [1.82, 2.24) is 19.4 Å². The first-order valence-corrected chi connectivity index (χ1v) is 13.7. The van der Waals surface area contributed by atoms with Crippen molar-refractivity contribution in [3.05, 3.63) is 64.5 Å². The lowest BCUT2D eigenvalue weighted by atomic mass is 10.1. The molecule has 0 saturated carbocycles. The molecule has 3 rings (SSSR count). The quantitative estimate of drug-likeness (QED) is 0.216. The van der Waals surface area contributed by atoms with Crippen molar-refractivity contribution in [2.75, 3.05) is 32.9 Å². The molecule has 206 valence electrons. The summed E-state index contributed by atoms with van der Waals surface area (Å²) < 4.78 is 15.2. The highest BCUT2D eigenvalue weighted by molar-refractivity contribution is 5.82. The van der Waals surface area contributed by atoms with Crippen molar-refractivity contribution in [3.8, 4) is 5.69 Å². The van der Waals surface area contributed by atoms with Crippen LogP contribution in [0.1, 0.15) is 77.1 Å². The molecule has 0 aliphatic heterocycles. The van der Waals surface area contributed by atoms with E-state index in [1.807, 2.05) is 30.8 Å². The van der Waals surface area contributed by atoms with E-state index in [1.165, 1.54) is 42.4 Å². The minimum atomic E-state index is -0.480. The molecule has 3 aromatic rings. The predicted octanol–water partition coefficient (Wildman–Crippen LogP) is 5.70. The average molecular weight is 524 g/mol. The van der Waals surface area contributed by atoms with Gasteiger partial charge in [-0.15, -0.1) is 0 Å². The Labute approximate surface area is 225 Å². The van der Waals surface area contributed by atoms with Gasteiger partial charge in [0.1, 0.15) is 11.6 Å². The summed E-state index contributed by atoms with van der Waals surface area (Å²) in [5.41, 5.74) is 7.12. The number of fused-ring (bicyclic) bond motifs is 1. The standard InChI is InChI=1S/C30H42FN5O2/c1-5-6-7-8-9-10-11-12-28(37)35(20-19-34(3)4)22(2)29-33-27-18-15-24(32)21-26(27)30(38)36(29)25-16-13-23(31)14-17-25/h13-18,21-22H,5-12,19-20,32H2,1-4H3. The molecule has 1 aromatic heterocycles. The molecular formula is C30H42FN5O2. The lowest BCUT2D eigenvalue weighted by molar-refractivity contribution is -0.133.